The van der Waals surface area contributed by atoms with Crippen LogP contribution in [0.2, 0.25) is 0 Å². The van der Waals surface area contributed by atoms with Crippen LogP contribution < -0.4 is 14.8 Å². The Kier molecular flexibility index (Phi) is 4.31. The number of fused-ring (bicyclic) bond motifs is 1. The first kappa shape index (κ1) is 13.0. The van der Waals surface area contributed by atoms with E-state index in [-0.39, 0.29) is 12.7 Å². The van der Waals surface area contributed by atoms with Gasteiger partial charge in [-0.2, -0.15) is 0 Å². The normalized spacial score (nSPS) is 12.6. The lowest BCUT2D eigenvalue weighted by Gasteiger charge is -2.08. The first-order valence-electron chi connectivity index (χ1n) is 5.92. The topological polar surface area (TPSA) is 47.6 Å². The second-order valence-electron chi connectivity index (χ2n) is 4.17. The van der Waals surface area contributed by atoms with Gasteiger partial charge in [0.2, 0.25) is 12.7 Å². The molecule has 0 aliphatic carbocycles. The summed E-state index contributed by atoms with van der Waals surface area (Å²) in [4.78, 5) is 11.3. The zero-order valence-corrected chi connectivity index (χ0v) is 11.0. The van der Waals surface area contributed by atoms with Crippen LogP contribution in [0.15, 0.2) is 12.1 Å². The molecule has 98 valence electrons. The molecule has 5 heteroatoms. The average molecular weight is 270 g/mol. The summed E-state index contributed by atoms with van der Waals surface area (Å²) in [6, 6.07) is 3.95. The van der Waals surface area contributed by atoms with Crippen molar-refractivity contribution in [3.63, 3.8) is 0 Å². The summed E-state index contributed by atoms with van der Waals surface area (Å²) in [5.41, 5.74) is 2.30. The molecule has 0 saturated heterocycles. The van der Waals surface area contributed by atoms with Crippen molar-refractivity contribution < 1.29 is 14.3 Å². The monoisotopic (exact) mass is 269 g/mol. The molecule has 0 bridgehead atoms. The maximum Gasteiger partial charge on any atom is 0.231 e. The Morgan fingerprint density at radius 3 is 2.83 bits per heavy atom. The molecule has 1 heterocycles. The van der Waals surface area contributed by atoms with E-state index in [2.05, 4.69) is 5.32 Å². The number of carbonyl (C=O) groups excluding carboxylic acids is 1. The van der Waals surface area contributed by atoms with Crippen LogP contribution in [-0.2, 0) is 11.2 Å². The first-order valence-corrected chi connectivity index (χ1v) is 6.46. The lowest BCUT2D eigenvalue weighted by atomic mass is 10.0. The van der Waals surface area contributed by atoms with Gasteiger partial charge in [0.15, 0.2) is 11.5 Å². The smallest absolute Gasteiger partial charge is 0.231 e. The zero-order valence-electron chi connectivity index (χ0n) is 10.3. The maximum absolute atomic E-state index is 11.3. The fourth-order valence-corrected chi connectivity index (χ4v) is 2.04. The molecule has 1 aromatic rings. The highest BCUT2D eigenvalue weighted by molar-refractivity contribution is 6.18. The van der Waals surface area contributed by atoms with Crippen LogP contribution in [0.5, 0.6) is 11.5 Å². The van der Waals surface area contributed by atoms with Crippen molar-refractivity contribution in [3.8, 4) is 11.5 Å². The summed E-state index contributed by atoms with van der Waals surface area (Å²) in [5, 5.41) is 2.83. The fraction of sp³-hybridized carbons (Fsp3) is 0.462. The summed E-state index contributed by atoms with van der Waals surface area (Å²) in [6.07, 6.45) is 1.14. The van der Waals surface area contributed by atoms with Crippen LogP contribution >= 0.6 is 11.6 Å². The first-order chi connectivity index (χ1) is 8.70. The van der Waals surface area contributed by atoms with E-state index >= 15 is 0 Å². The predicted octanol–water partition coefficient (Wildman–Crippen LogP) is 2.01. The molecule has 1 N–H and O–H groups in total. The second kappa shape index (κ2) is 5.96. The number of rotatable bonds is 5. The van der Waals surface area contributed by atoms with E-state index in [4.69, 9.17) is 21.1 Å². The highest BCUT2D eigenvalue weighted by atomic mass is 35.5. The summed E-state index contributed by atoms with van der Waals surface area (Å²) in [5.74, 6) is 1.92. The average Bonchev–Trinajstić information content (AvgIpc) is 2.76. The van der Waals surface area contributed by atoms with Gasteiger partial charge in [-0.15, -0.1) is 11.6 Å². The van der Waals surface area contributed by atoms with Crippen molar-refractivity contribution in [2.24, 2.45) is 0 Å². The molecule has 4 nitrogen and oxygen atoms in total. The van der Waals surface area contributed by atoms with E-state index in [0.717, 1.165) is 29.0 Å². The van der Waals surface area contributed by atoms with Gasteiger partial charge in [0, 0.05) is 18.8 Å². The van der Waals surface area contributed by atoms with Gasteiger partial charge >= 0.3 is 0 Å². The fourth-order valence-electron chi connectivity index (χ4n) is 1.87. The number of hydrogen-bond donors (Lipinski definition) is 1. The molecule has 1 aromatic carbocycles. The van der Waals surface area contributed by atoms with Crippen molar-refractivity contribution in [1.82, 2.24) is 5.32 Å². The standard InChI is InChI=1S/C13H16ClNO3/c1-9-6-11-12(18-8-17-11)7-10(9)3-5-15-13(16)2-4-14/h6-7H,2-5,8H2,1H3,(H,15,16). The molecule has 18 heavy (non-hydrogen) atoms. The number of nitrogens with one attached hydrogen (secondary N) is 1. The summed E-state index contributed by atoms with van der Waals surface area (Å²) < 4.78 is 10.6. The minimum atomic E-state index is -0.0107. The predicted molar refractivity (Wildman–Crippen MR) is 69.4 cm³/mol. The van der Waals surface area contributed by atoms with Gasteiger partial charge in [-0.05, 0) is 36.6 Å². The van der Waals surface area contributed by atoms with Crippen LogP contribution in [0.1, 0.15) is 17.5 Å². The number of aryl methyl sites for hydroxylation is 1. The van der Waals surface area contributed by atoms with E-state index < -0.39 is 0 Å². The third kappa shape index (κ3) is 3.07. The Morgan fingerprint density at radius 1 is 1.39 bits per heavy atom. The van der Waals surface area contributed by atoms with Gasteiger partial charge in [-0.25, -0.2) is 0 Å². The molecule has 0 unspecified atom stereocenters. The molecular weight excluding hydrogens is 254 g/mol. The van der Waals surface area contributed by atoms with Crippen molar-refractivity contribution in [2.45, 2.75) is 19.8 Å². The van der Waals surface area contributed by atoms with Crippen LogP contribution in [0.4, 0.5) is 0 Å². The maximum atomic E-state index is 11.3. The Labute approximate surface area is 111 Å². The number of ether oxygens (including phenoxy) is 2. The number of carbonyl (C=O) groups is 1. The number of halogens is 1. The van der Waals surface area contributed by atoms with Crippen LogP contribution in [-0.4, -0.2) is 25.1 Å². The molecule has 0 fully saturated rings. The highest BCUT2D eigenvalue weighted by Gasteiger charge is 2.15. The third-order valence-corrected chi connectivity index (χ3v) is 3.06. The van der Waals surface area contributed by atoms with Crippen molar-refractivity contribution in [1.29, 1.82) is 0 Å². The minimum absolute atomic E-state index is 0.0107. The van der Waals surface area contributed by atoms with Crippen molar-refractivity contribution in [2.75, 3.05) is 19.2 Å². The van der Waals surface area contributed by atoms with Crippen molar-refractivity contribution >= 4 is 17.5 Å². The number of alkyl halides is 1. The van der Waals surface area contributed by atoms with Gasteiger partial charge < -0.3 is 14.8 Å². The summed E-state index contributed by atoms with van der Waals surface area (Å²) in [6.45, 7) is 2.92. The molecular formula is C13H16ClNO3. The highest BCUT2D eigenvalue weighted by Crippen LogP contribution is 2.34. The van der Waals surface area contributed by atoms with E-state index in [9.17, 15) is 4.79 Å². The molecule has 1 aliphatic heterocycles. The number of hydrogen-bond acceptors (Lipinski definition) is 3. The summed E-state index contributed by atoms with van der Waals surface area (Å²) in [7, 11) is 0. The van der Waals surface area contributed by atoms with Gasteiger partial charge in [-0.3, -0.25) is 4.79 Å². The van der Waals surface area contributed by atoms with Crippen LogP contribution in [0.25, 0.3) is 0 Å². The molecule has 1 aliphatic rings. The van der Waals surface area contributed by atoms with Gasteiger partial charge in [0.25, 0.3) is 0 Å². The minimum Gasteiger partial charge on any atom is -0.454 e. The Balaban J connectivity index is 1.92. The zero-order chi connectivity index (χ0) is 13.0. The lowest BCUT2D eigenvalue weighted by Crippen LogP contribution is -2.25. The number of benzene rings is 1. The molecule has 2 rings (SSSR count). The molecule has 0 radical (unpaired) electrons. The second-order valence-corrected chi connectivity index (χ2v) is 4.55. The Bertz CT molecular complexity index is 448. The largest absolute Gasteiger partial charge is 0.454 e. The Hall–Kier alpha value is -1.42. The van der Waals surface area contributed by atoms with Crippen LogP contribution in [0.3, 0.4) is 0 Å². The Morgan fingerprint density at radius 2 is 2.11 bits per heavy atom. The number of amides is 1. The van der Waals surface area contributed by atoms with Gasteiger partial charge in [0.1, 0.15) is 0 Å². The van der Waals surface area contributed by atoms with E-state index in [1.54, 1.807) is 0 Å². The molecule has 0 saturated carbocycles. The molecule has 1 amide bonds. The third-order valence-electron chi connectivity index (χ3n) is 2.87. The molecule has 0 aromatic heterocycles. The van der Waals surface area contributed by atoms with Gasteiger partial charge in [-0.1, -0.05) is 0 Å². The molecule has 0 spiro atoms. The SMILES string of the molecule is Cc1cc2c(cc1CCNC(=O)CCCl)OCO2. The van der Waals surface area contributed by atoms with Crippen molar-refractivity contribution in [3.05, 3.63) is 23.3 Å². The molecule has 0 atom stereocenters. The van der Waals surface area contributed by atoms with E-state index in [1.165, 1.54) is 0 Å². The van der Waals surface area contributed by atoms with Crippen LogP contribution in [0, 0.1) is 6.92 Å². The lowest BCUT2D eigenvalue weighted by molar-refractivity contribution is -0.120. The van der Waals surface area contributed by atoms with E-state index in [1.807, 2.05) is 19.1 Å². The summed E-state index contributed by atoms with van der Waals surface area (Å²) >= 11 is 5.49. The van der Waals surface area contributed by atoms with E-state index in [0.29, 0.717) is 18.8 Å². The van der Waals surface area contributed by atoms with Gasteiger partial charge in [0.05, 0.1) is 0 Å². The quantitative estimate of drug-likeness (QED) is 0.832.